The van der Waals surface area contributed by atoms with Gasteiger partial charge in [-0.2, -0.15) is 0 Å². The van der Waals surface area contributed by atoms with Gasteiger partial charge in [-0.15, -0.1) is 11.3 Å². The predicted octanol–water partition coefficient (Wildman–Crippen LogP) is 6.65. The van der Waals surface area contributed by atoms with Crippen LogP contribution in [0.4, 0.5) is 0 Å². The molecule has 0 bridgehead atoms. The number of esters is 1. The third-order valence-corrected chi connectivity index (χ3v) is 7.54. The van der Waals surface area contributed by atoms with E-state index >= 15 is 0 Å². The van der Waals surface area contributed by atoms with E-state index in [1.807, 2.05) is 39.8 Å². The highest BCUT2D eigenvalue weighted by atomic mass is 32.1. The van der Waals surface area contributed by atoms with Crippen LogP contribution in [0.25, 0.3) is 6.08 Å². The lowest BCUT2D eigenvalue weighted by molar-refractivity contribution is -0.134. The van der Waals surface area contributed by atoms with Crippen LogP contribution in [-0.4, -0.2) is 25.5 Å². The first-order chi connectivity index (χ1) is 15.0. The number of hydrogen-bond acceptors (Lipinski definition) is 5. The molecule has 174 valence electrons. The molecule has 0 saturated carbocycles. The molecule has 32 heavy (non-hydrogen) atoms. The monoisotopic (exact) mass is 456 g/mol. The third-order valence-electron chi connectivity index (χ3n) is 6.13. The van der Waals surface area contributed by atoms with E-state index in [1.165, 1.54) is 23.6 Å². The van der Waals surface area contributed by atoms with Crippen LogP contribution in [-0.2, 0) is 19.7 Å². The Kier molecular flexibility index (Phi) is 8.47. The van der Waals surface area contributed by atoms with Gasteiger partial charge in [0.15, 0.2) is 5.78 Å². The first-order valence-corrected chi connectivity index (χ1v) is 11.9. The van der Waals surface area contributed by atoms with Crippen LogP contribution < -0.4 is 4.74 Å². The van der Waals surface area contributed by atoms with Crippen LogP contribution >= 0.6 is 11.3 Å². The van der Waals surface area contributed by atoms with Crippen molar-refractivity contribution in [2.75, 3.05) is 13.7 Å². The number of thiophene rings is 1. The average molecular weight is 457 g/mol. The molecule has 0 spiro atoms. The molecule has 1 heterocycles. The molecule has 0 aliphatic heterocycles. The highest BCUT2D eigenvalue weighted by Gasteiger charge is 2.33. The van der Waals surface area contributed by atoms with Crippen molar-refractivity contribution in [3.8, 4) is 5.75 Å². The lowest BCUT2D eigenvalue weighted by Gasteiger charge is -2.32. The number of ketones is 1. The lowest BCUT2D eigenvalue weighted by Crippen LogP contribution is -2.27. The Labute approximate surface area is 196 Å². The average Bonchev–Trinajstić information content (AvgIpc) is 3.12. The maximum absolute atomic E-state index is 12.2. The van der Waals surface area contributed by atoms with Gasteiger partial charge in [0.2, 0.25) is 0 Å². The van der Waals surface area contributed by atoms with E-state index in [0.29, 0.717) is 0 Å². The molecule has 0 saturated heterocycles. The van der Waals surface area contributed by atoms with Crippen molar-refractivity contribution in [1.82, 2.24) is 0 Å². The topological polar surface area (TPSA) is 52.6 Å². The minimum atomic E-state index is -0.412. The number of methoxy groups -OCH3 is 1. The van der Waals surface area contributed by atoms with Crippen LogP contribution in [0, 0.1) is 19.3 Å². The van der Waals surface area contributed by atoms with Gasteiger partial charge in [-0.25, -0.2) is 4.79 Å². The molecule has 1 aromatic heterocycles. The van der Waals surface area contributed by atoms with Crippen LogP contribution in [0.5, 0.6) is 5.75 Å². The fourth-order valence-corrected chi connectivity index (χ4v) is 5.16. The summed E-state index contributed by atoms with van der Waals surface area (Å²) in [6.45, 7) is 14.3. The molecule has 1 aromatic carbocycles. The van der Waals surface area contributed by atoms with Crippen LogP contribution in [0.2, 0.25) is 0 Å². The maximum atomic E-state index is 12.2. The Morgan fingerprint density at radius 2 is 1.69 bits per heavy atom. The molecular formula is C27H36O4S. The minimum Gasteiger partial charge on any atom is -0.486 e. The maximum Gasteiger partial charge on any atom is 0.330 e. The molecule has 0 aliphatic carbocycles. The van der Waals surface area contributed by atoms with Crippen molar-refractivity contribution in [3.05, 3.63) is 56.8 Å². The van der Waals surface area contributed by atoms with Gasteiger partial charge in [-0.1, -0.05) is 46.8 Å². The van der Waals surface area contributed by atoms with Crippen molar-refractivity contribution in [2.24, 2.45) is 5.41 Å². The third kappa shape index (κ3) is 5.69. The molecule has 2 aromatic rings. The standard InChI is InChI=1S/C27H36O4S/c1-9-27(10-2,24-16-19(4)22(32-24)13-14-25(29)30-8)20-11-12-21(18(3)15-20)31-17-23(28)26(5,6)7/h11-16H,9-10,17H2,1-8H3. The zero-order valence-corrected chi connectivity index (χ0v) is 21.4. The van der Waals surface area contributed by atoms with Gasteiger partial charge in [0, 0.05) is 26.7 Å². The van der Waals surface area contributed by atoms with E-state index in [-0.39, 0.29) is 23.8 Å². The number of carbonyl (C=O) groups excluding carboxylic acids is 2. The van der Waals surface area contributed by atoms with Crippen molar-refractivity contribution in [2.45, 2.75) is 66.7 Å². The van der Waals surface area contributed by atoms with Gasteiger partial charge in [0.1, 0.15) is 12.4 Å². The van der Waals surface area contributed by atoms with Gasteiger partial charge in [-0.3, -0.25) is 4.79 Å². The zero-order valence-electron chi connectivity index (χ0n) is 20.6. The summed E-state index contributed by atoms with van der Waals surface area (Å²) < 4.78 is 10.6. The Morgan fingerprint density at radius 1 is 1.03 bits per heavy atom. The van der Waals surface area contributed by atoms with Crippen LogP contribution in [0.3, 0.4) is 0 Å². The number of Topliss-reactive ketones (excluding diaryl/α,β-unsaturated/α-hetero) is 1. The molecule has 4 nitrogen and oxygen atoms in total. The molecule has 0 aliphatic rings. The number of carbonyl (C=O) groups is 2. The highest BCUT2D eigenvalue weighted by molar-refractivity contribution is 7.13. The van der Waals surface area contributed by atoms with Crippen molar-refractivity contribution in [3.63, 3.8) is 0 Å². The largest absolute Gasteiger partial charge is 0.486 e. The van der Waals surface area contributed by atoms with E-state index in [9.17, 15) is 9.59 Å². The first-order valence-electron chi connectivity index (χ1n) is 11.1. The Bertz CT molecular complexity index is 988. The quantitative estimate of drug-likeness (QED) is 0.313. The fraction of sp³-hybridized carbons (Fsp3) is 0.481. The van der Waals surface area contributed by atoms with Crippen LogP contribution in [0.1, 0.15) is 73.9 Å². The summed E-state index contributed by atoms with van der Waals surface area (Å²) >= 11 is 1.72. The summed E-state index contributed by atoms with van der Waals surface area (Å²) in [5.41, 5.74) is 2.87. The van der Waals surface area contributed by atoms with Crippen molar-refractivity contribution >= 4 is 29.2 Å². The number of aryl methyl sites for hydroxylation is 2. The zero-order chi connectivity index (χ0) is 24.1. The van der Waals surface area contributed by atoms with E-state index < -0.39 is 5.41 Å². The van der Waals surface area contributed by atoms with Gasteiger partial charge in [0.25, 0.3) is 0 Å². The van der Waals surface area contributed by atoms with Crippen molar-refractivity contribution in [1.29, 1.82) is 0 Å². The summed E-state index contributed by atoms with van der Waals surface area (Å²) in [5, 5.41) is 0. The number of benzene rings is 1. The van der Waals surface area contributed by atoms with Gasteiger partial charge in [0.05, 0.1) is 7.11 Å². The first kappa shape index (κ1) is 25.9. The molecule has 0 N–H and O–H groups in total. The second-order valence-corrected chi connectivity index (χ2v) is 10.3. The Morgan fingerprint density at radius 3 is 2.22 bits per heavy atom. The van der Waals surface area contributed by atoms with E-state index in [4.69, 9.17) is 9.47 Å². The summed E-state index contributed by atoms with van der Waals surface area (Å²) in [6.07, 6.45) is 5.20. The van der Waals surface area contributed by atoms with Gasteiger partial charge in [-0.05, 0) is 61.6 Å². The summed E-state index contributed by atoms with van der Waals surface area (Å²) in [6, 6.07) is 8.52. The second-order valence-electron chi connectivity index (χ2n) is 9.25. The lowest BCUT2D eigenvalue weighted by atomic mass is 9.74. The van der Waals surface area contributed by atoms with E-state index in [2.05, 4.69) is 39.0 Å². The summed E-state index contributed by atoms with van der Waals surface area (Å²) in [4.78, 5) is 26.1. The van der Waals surface area contributed by atoms with Gasteiger partial charge >= 0.3 is 5.97 Å². The van der Waals surface area contributed by atoms with Crippen molar-refractivity contribution < 1.29 is 19.1 Å². The highest BCUT2D eigenvalue weighted by Crippen LogP contribution is 2.44. The molecular weight excluding hydrogens is 420 g/mol. The normalized spacial score (nSPS) is 12.2. The molecule has 5 heteroatoms. The van der Waals surface area contributed by atoms with E-state index in [1.54, 1.807) is 11.3 Å². The Balaban J connectivity index is 2.38. The molecule has 0 radical (unpaired) electrons. The molecule has 0 amide bonds. The Hall–Kier alpha value is -2.40. The SMILES string of the molecule is CCC(CC)(c1ccc(OCC(=O)C(C)(C)C)c(C)c1)c1cc(C)c(C=CC(=O)OC)s1. The summed E-state index contributed by atoms with van der Waals surface area (Å²) in [5.74, 6) is 0.475. The van der Waals surface area contributed by atoms with Crippen LogP contribution in [0.15, 0.2) is 30.3 Å². The predicted molar refractivity (Wildman–Crippen MR) is 133 cm³/mol. The second kappa shape index (κ2) is 10.5. The molecule has 0 fully saturated rings. The fourth-order valence-electron chi connectivity index (χ4n) is 3.73. The number of ether oxygens (including phenoxy) is 2. The van der Waals surface area contributed by atoms with Gasteiger partial charge < -0.3 is 9.47 Å². The molecule has 0 atom stereocenters. The summed E-state index contributed by atoms with van der Waals surface area (Å²) in [7, 11) is 1.38. The number of hydrogen-bond donors (Lipinski definition) is 0. The molecule has 2 rings (SSSR count). The van der Waals surface area contributed by atoms with E-state index in [0.717, 1.165) is 34.6 Å². The number of rotatable bonds is 9. The molecule has 0 unspecified atom stereocenters. The smallest absolute Gasteiger partial charge is 0.330 e. The minimum absolute atomic E-state index is 0.0798.